The van der Waals surface area contributed by atoms with Gasteiger partial charge in [-0.25, -0.2) is 0 Å². The highest BCUT2D eigenvalue weighted by Gasteiger charge is 2.21. The molecule has 2 aromatic rings. The van der Waals surface area contributed by atoms with E-state index >= 15 is 0 Å². The van der Waals surface area contributed by atoms with Crippen LogP contribution in [0.5, 0.6) is 0 Å². The highest BCUT2D eigenvalue weighted by atomic mass is 35.5. The van der Waals surface area contributed by atoms with Crippen molar-refractivity contribution >= 4 is 11.6 Å². The summed E-state index contributed by atoms with van der Waals surface area (Å²) in [5, 5.41) is 19.5. The second kappa shape index (κ2) is 7.06. The van der Waals surface area contributed by atoms with Crippen LogP contribution in [0.15, 0.2) is 18.6 Å². The fourth-order valence-electron chi connectivity index (χ4n) is 2.15. The molecule has 2 rings (SSSR count). The normalized spacial score (nSPS) is 13.0. The molecule has 7 heteroatoms. The van der Waals surface area contributed by atoms with E-state index in [4.69, 9.17) is 11.6 Å². The Morgan fingerprint density at radius 3 is 2.71 bits per heavy atom. The van der Waals surface area contributed by atoms with Crippen LogP contribution in [0.25, 0.3) is 0 Å². The number of aliphatic hydroxyl groups excluding tert-OH is 1. The van der Waals surface area contributed by atoms with Gasteiger partial charge in [-0.2, -0.15) is 10.2 Å². The van der Waals surface area contributed by atoms with Crippen molar-refractivity contribution in [3.63, 3.8) is 0 Å². The molecule has 0 spiro atoms. The largest absolute Gasteiger partial charge is 0.382 e. The second-order valence-electron chi connectivity index (χ2n) is 5.34. The predicted molar refractivity (Wildman–Crippen MR) is 82.4 cm³/mol. The number of aryl methyl sites for hydroxylation is 1. The standard InChI is InChI=1S/C14H22ClN5O/c1-4-5-19-10-11(8-16-19)14(21)13-12(15)9-17-20(13)7-6-18(2)3/h8-10,14,21H,4-7H2,1-3H3. The highest BCUT2D eigenvalue weighted by Crippen LogP contribution is 2.28. The summed E-state index contributed by atoms with van der Waals surface area (Å²) in [5.74, 6) is 0. The zero-order valence-electron chi connectivity index (χ0n) is 12.7. The van der Waals surface area contributed by atoms with Crippen LogP contribution in [0, 0.1) is 0 Å². The summed E-state index contributed by atoms with van der Waals surface area (Å²) in [6, 6.07) is 0. The molecule has 0 aliphatic rings. The molecule has 6 nitrogen and oxygen atoms in total. The number of aliphatic hydroxyl groups is 1. The van der Waals surface area contributed by atoms with E-state index in [0.29, 0.717) is 17.3 Å². The number of hydrogen-bond donors (Lipinski definition) is 1. The Morgan fingerprint density at radius 2 is 2.05 bits per heavy atom. The lowest BCUT2D eigenvalue weighted by Crippen LogP contribution is -2.21. The van der Waals surface area contributed by atoms with Gasteiger partial charge in [0.2, 0.25) is 0 Å². The first kappa shape index (κ1) is 16.0. The maximum atomic E-state index is 10.6. The quantitative estimate of drug-likeness (QED) is 0.847. The minimum atomic E-state index is -0.812. The van der Waals surface area contributed by atoms with Crippen LogP contribution in [-0.4, -0.2) is 50.2 Å². The highest BCUT2D eigenvalue weighted by molar-refractivity contribution is 6.31. The molecule has 21 heavy (non-hydrogen) atoms. The average molecular weight is 312 g/mol. The molecule has 1 unspecified atom stereocenters. The van der Waals surface area contributed by atoms with Crippen LogP contribution in [0.2, 0.25) is 5.02 Å². The smallest absolute Gasteiger partial charge is 0.125 e. The predicted octanol–water partition coefficient (Wildman–Crippen LogP) is 1.79. The summed E-state index contributed by atoms with van der Waals surface area (Å²) >= 11 is 6.19. The molecule has 0 fully saturated rings. The fourth-order valence-corrected chi connectivity index (χ4v) is 2.39. The molecular formula is C14H22ClN5O. The van der Waals surface area contributed by atoms with Gasteiger partial charge in [0.05, 0.1) is 29.7 Å². The van der Waals surface area contributed by atoms with Gasteiger partial charge < -0.3 is 10.0 Å². The lowest BCUT2D eigenvalue weighted by molar-refractivity contribution is 0.205. The Morgan fingerprint density at radius 1 is 1.29 bits per heavy atom. The van der Waals surface area contributed by atoms with Crippen molar-refractivity contribution in [3.05, 3.63) is 34.9 Å². The van der Waals surface area contributed by atoms with Crippen molar-refractivity contribution < 1.29 is 5.11 Å². The summed E-state index contributed by atoms with van der Waals surface area (Å²) in [7, 11) is 3.99. The van der Waals surface area contributed by atoms with E-state index in [9.17, 15) is 5.11 Å². The van der Waals surface area contributed by atoms with Crippen LogP contribution in [0.3, 0.4) is 0 Å². The molecule has 0 saturated carbocycles. The van der Waals surface area contributed by atoms with Gasteiger partial charge in [0.25, 0.3) is 0 Å². The van der Waals surface area contributed by atoms with E-state index in [0.717, 1.165) is 25.1 Å². The van der Waals surface area contributed by atoms with E-state index in [1.807, 2.05) is 25.0 Å². The molecule has 0 amide bonds. The number of likely N-dealkylation sites (N-methyl/N-ethyl adjacent to an activating group) is 1. The number of nitrogens with zero attached hydrogens (tertiary/aromatic N) is 5. The van der Waals surface area contributed by atoms with Crippen LogP contribution in [0.1, 0.15) is 30.7 Å². The summed E-state index contributed by atoms with van der Waals surface area (Å²) in [6.07, 6.45) is 5.30. The number of halogens is 1. The third-order valence-electron chi connectivity index (χ3n) is 3.27. The fraction of sp³-hybridized carbons (Fsp3) is 0.571. The maximum Gasteiger partial charge on any atom is 0.125 e. The Bertz CT molecular complexity index is 578. The maximum absolute atomic E-state index is 10.6. The third kappa shape index (κ3) is 3.84. The lowest BCUT2D eigenvalue weighted by Gasteiger charge is -2.15. The molecule has 2 heterocycles. The van der Waals surface area contributed by atoms with E-state index in [1.54, 1.807) is 17.1 Å². The van der Waals surface area contributed by atoms with E-state index in [-0.39, 0.29) is 0 Å². The van der Waals surface area contributed by atoms with E-state index in [2.05, 4.69) is 22.0 Å². The summed E-state index contributed by atoms with van der Waals surface area (Å²) in [6.45, 7) is 4.42. The molecule has 0 aliphatic carbocycles. The minimum absolute atomic E-state index is 0.476. The van der Waals surface area contributed by atoms with Gasteiger partial charge in [-0.15, -0.1) is 0 Å². The van der Waals surface area contributed by atoms with Crippen molar-refractivity contribution in [1.82, 2.24) is 24.5 Å². The number of aromatic nitrogens is 4. The number of hydrogen-bond acceptors (Lipinski definition) is 4. The van der Waals surface area contributed by atoms with Gasteiger partial charge in [-0.1, -0.05) is 18.5 Å². The van der Waals surface area contributed by atoms with Gasteiger partial charge in [0.1, 0.15) is 6.10 Å². The van der Waals surface area contributed by atoms with Crippen LogP contribution in [-0.2, 0) is 13.1 Å². The minimum Gasteiger partial charge on any atom is -0.382 e. The summed E-state index contributed by atoms with van der Waals surface area (Å²) in [4.78, 5) is 2.06. The van der Waals surface area contributed by atoms with Crippen molar-refractivity contribution in [1.29, 1.82) is 0 Å². The van der Waals surface area contributed by atoms with Crippen LogP contribution in [0.4, 0.5) is 0 Å². The summed E-state index contributed by atoms with van der Waals surface area (Å²) in [5.41, 5.74) is 1.35. The molecular weight excluding hydrogens is 290 g/mol. The molecule has 116 valence electrons. The zero-order valence-corrected chi connectivity index (χ0v) is 13.5. The van der Waals surface area contributed by atoms with E-state index in [1.165, 1.54) is 0 Å². The first-order chi connectivity index (χ1) is 10.0. The Hall–Kier alpha value is -1.37. The monoisotopic (exact) mass is 311 g/mol. The molecule has 0 aliphatic heterocycles. The zero-order chi connectivity index (χ0) is 15.4. The van der Waals surface area contributed by atoms with Gasteiger partial charge in [0.15, 0.2) is 0 Å². The van der Waals surface area contributed by atoms with Crippen LogP contribution >= 0.6 is 11.6 Å². The Labute approximate surface area is 129 Å². The molecule has 0 aromatic carbocycles. The molecule has 0 bridgehead atoms. The molecule has 2 aromatic heterocycles. The van der Waals surface area contributed by atoms with Gasteiger partial charge >= 0.3 is 0 Å². The first-order valence-corrected chi connectivity index (χ1v) is 7.47. The van der Waals surface area contributed by atoms with Crippen LogP contribution < -0.4 is 0 Å². The van der Waals surface area contributed by atoms with Gasteiger partial charge in [-0.3, -0.25) is 9.36 Å². The third-order valence-corrected chi connectivity index (χ3v) is 3.56. The van der Waals surface area contributed by atoms with Crippen molar-refractivity contribution in [2.45, 2.75) is 32.5 Å². The van der Waals surface area contributed by atoms with Crippen molar-refractivity contribution in [2.75, 3.05) is 20.6 Å². The second-order valence-corrected chi connectivity index (χ2v) is 5.75. The molecule has 0 saturated heterocycles. The molecule has 0 radical (unpaired) electrons. The summed E-state index contributed by atoms with van der Waals surface area (Å²) < 4.78 is 3.58. The average Bonchev–Trinajstić information content (AvgIpc) is 3.03. The van der Waals surface area contributed by atoms with Crippen molar-refractivity contribution in [2.24, 2.45) is 0 Å². The Balaban J connectivity index is 2.20. The SMILES string of the molecule is CCCn1cc(C(O)c2c(Cl)cnn2CCN(C)C)cn1. The van der Waals surface area contributed by atoms with Gasteiger partial charge in [-0.05, 0) is 20.5 Å². The first-order valence-electron chi connectivity index (χ1n) is 7.09. The van der Waals surface area contributed by atoms with Crippen molar-refractivity contribution in [3.8, 4) is 0 Å². The molecule has 1 N–H and O–H groups in total. The topological polar surface area (TPSA) is 59.1 Å². The van der Waals surface area contributed by atoms with Gasteiger partial charge in [0, 0.05) is 24.8 Å². The lowest BCUT2D eigenvalue weighted by atomic mass is 10.1. The molecule has 1 atom stereocenters. The Kier molecular flexibility index (Phi) is 5.39. The number of rotatable bonds is 7. The van der Waals surface area contributed by atoms with E-state index < -0.39 is 6.10 Å².